The van der Waals surface area contributed by atoms with Gasteiger partial charge in [-0.3, -0.25) is 0 Å². The maximum Gasteiger partial charge on any atom is 0.258 e. The maximum absolute atomic E-state index is 4.86. The molecular weight excluding hydrogens is 152 g/mol. The van der Waals surface area contributed by atoms with Gasteiger partial charge in [-0.15, -0.1) is 0 Å². The second kappa shape index (κ2) is 2.77. The van der Waals surface area contributed by atoms with Gasteiger partial charge in [0.25, 0.3) is 5.89 Å². The van der Waals surface area contributed by atoms with Gasteiger partial charge in [0.15, 0.2) is 0 Å². The summed E-state index contributed by atoms with van der Waals surface area (Å²) in [6, 6.07) is 7.88. The Morgan fingerprint density at radius 1 is 1.42 bits per heavy atom. The number of hydrogen-bond acceptors (Lipinski definition) is 3. The summed E-state index contributed by atoms with van der Waals surface area (Å²) in [5, 5.41) is 3.42. The largest absolute Gasteiger partial charge is 0.333 e. The second-order valence-electron chi connectivity index (χ2n) is 2.57. The quantitative estimate of drug-likeness (QED) is 0.637. The van der Waals surface area contributed by atoms with Crippen LogP contribution in [0.15, 0.2) is 28.8 Å². The fourth-order valence-corrected chi connectivity index (χ4v) is 1.05. The van der Waals surface area contributed by atoms with Crippen LogP contribution in [0, 0.1) is 13.3 Å². The van der Waals surface area contributed by atoms with Gasteiger partial charge in [0.2, 0.25) is 6.33 Å². The minimum atomic E-state index is 0.513. The standard InChI is InChI=1S/C9H7N2O/c1-7-3-2-4-8(5-7)9-10-6-11-12-9/h2-5H,1H3. The Bertz CT molecular complexity index is 368. The molecule has 0 N–H and O–H groups in total. The Labute approximate surface area is 70.0 Å². The Morgan fingerprint density at radius 3 is 3.00 bits per heavy atom. The van der Waals surface area contributed by atoms with Gasteiger partial charge >= 0.3 is 0 Å². The highest BCUT2D eigenvalue weighted by atomic mass is 16.5. The van der Waals surface area contributed by atoms with Gasteiger partial charge in [-0.05, 0) is 19.1 Å². The fraction of sp³-hybridized carbons (Fsp3) is 0.111. The summed E-state index contributed by atoms with van der Waals surface area (Å²) < 4.78 is 4.86. The van der Waals surface area contributed by atoms with E-state index < -0.39 is 0 Å². The topological polar surface area (TPSA) is 38.9 Å². The molecule has 1 aromatic heterocycles. The number of hydrogen-bond donors (Lipinski definition) is 0. The third-order valence-electron chi connectivity index (χ3n) is 1.59. The van der Waals surface area contributed by atoms with Crippen molar-refractivity contribution in [2.75, 3.05) is 0 Å². The van der Waals surface area contributed by atoms with Crippen molar-refractivity contribution >= 4 is 0 Å². The van der Waals surface area contributed by atoms with Crippen molar-refractivity contribution in [3.8, 4) is 11.5 Å². The zero-order chi connectivity index (χ0) is 8.39. The highest BCUT2D eigenvalue weighted by Crippen LogP contribution is 2.16. The number of aromatic nitrogens is 2. The lowest BCUT2D eigenvalue weighted by molar-refractivity contribution is 0.429. The van der Waals surface area contributed by atoms with Crippen LogP contribution in [0.5, 0.6) is 0 Å². The predicted octanol–water partition coefficient (Wildman–Crippen LogP) is 1.85. The van der Waals surface area contributed by atoms with E-state index in [-0.39, 0.29) is 0 Å². The van der Waals surface area contributed by atoms with Crippen LogP contribution in [-0.4, -0.2) is 10.1 Å². The molecule has 0 spiro atoms. The molecule has 59 valence electrons. The van der Waals surface area contributed by atoms with Crippen LogP contribution in [0.4, 0.5) is 0 Å². The lowest BCUT2D eigenvalue weighted by atomic mass is 10.1. The number of aryl methyl sites for hydroxylation is 1. The summed E-state index contributed by atoms with van der Waals surface area (Å²) in [5.74, 6) is 0.513. The van der Waals surface area contributed by atoms with Crippen LogP contribution in [0.3, 0.4) is 0 Å². The molecule has 0 aliphatic rings. The Balaban J connectivity index is 2.48. The molecule has 1 aromatic carbocycles. The van der Waals surface area contributed by atoms with Gasteiger partial charge in [-0.1, -0.05) is 22.9 Å². The molecule has 0 aliphatic heterocycles. The highest BCUT2D eigenvalue weighted by molar-refractivity contribution is 5.53. The molecule has 2 rings (SSSR count). The molecule has 2 aromatic rings. The number of nitrogens with zero attached hydrogens (tertiary/aromatic N) is 2. The van der Waals surface area contributed by atoms with E-state index in [2.05, 4.69) is 16.5 Å². The Morgan fingerprint density at radius 2 is 2.33 bits per heavy atom. The van der Waals surface area contributed by atoms with E-state index in [9.17, 15) is 0 Å². The summed E-state index contributed by atoms with van der Waals surface area (Å²) in [6.45, 7) is 2.02. The second-order valence-corrected chi connectivity index (χ2v) is 2.57. The molecule has 0 saturated carbocycles. The molecule has 3 heteroatoms. The average molecular weight is 159 g/mol. The molecule has 0 bridgehead atoms. The van der Waals surface area contributed by atoms with E-state index in [4.69, 9.17) is 4.52 Å². The molecule has 1 heterocycles. The number of benzene rings is 1. The summed E-state index contributed by atoms with van der Waals surface area (Å²) >= 11 is 0. The Hall–Kier alpha value is -1.64. The molecule has 0 saturated heterocycles. The first-order chi connectivity index (χ1) is 5.86. The van der Waals surface area contributed by atoms with Crippen LogP contribution in [0.1, 0.15) is 5.56 Å². The highest BCUT2D eigenvalue weighted by Gasteiger charge is 2.02. The normalized spacial score (nSPS) is 10.1. The van der Waals surface area contributed by atoms with Crippen LogP contribution in [-0.2, 0) is 0 Å². The molecule has 0 unspecified atom stereocenters. The third kappa shape index (κ3) is 1.21. The molecule has 3 nitrogen and oxygen atoms in total. The average Bonchev–Trinajstić information content (AvgIpc) is 2.56. The fourth-order valence-electron chi connectivity index (χ4n) is 1.05. The van der Waals surface area contributed by atoms with Crippen LogP contribution in [0.2, 0.25) is 0 Å². The third-order valence-corrected chi connectivity index (χ3v) is 1.59. The van der Waals surface area contributed by atoms with E-state index in [1.165, 1.54) is 5.56 Å². The number of rotatable bonds is 1. The first-order valence-corrected chi connectivity index (χ1v) is 3.63. The SMILES string of the molecule is Cc1cccc(-c2n[c]no2)c1. The van der Waals surface area contributed by atoms with Gasteiger partial charge < -0.3 is 4.52 Å². The van der Waals surface area contributed by atoms with E-state index in [0.29, 0.717) is 5.89 Å². The van der Waals surface area contributed by atoms with Crippen molar-refractivity contribution in [2.45, 2.75) is 6.92 Å². The van der Waals surface area contributed by atoms with E-state index >= 15 is 0 Å². The first kappa shape index (κ1) is 7.03. The van der Waals surface area contributed by atoms with Crippen molar-refractivity contribution < 1.29 is 4.52 Å². The smallest absolute Gasteiger partial charge is 0.258 e. The summed E-state index contributed by atoms with van der Waals surface area (Å²) in [7, 11) is 0. The van der Waals surface area contributed by atoms with Crippen LogP contribution in [0.25, 0.3) is 11.5 Å². The summed E-state index contributed by atoms with van der Waals surface area (Å²) in [4.78, 5) is 3.82. The van der Waals surface area contributed by atoms with Gasteiger partial charge in [0.1, 0.15) is 0 Å². The van der Waals surface area contributed by atoms with Crippen molar-refractivity contribution in [1.82, 2.24) is 10.1 Å². The van der Waals surface area contributed by atoms with Gasteiger partial charge in [0.05, 0.1) is 0 Å². The van der Waals surface area contributed by atoms with Crippen molar-refractivity contribution in [2.24, 2.45) is 0 Å². The molecule has 0 amide bonds. The zero-order valence-electron chi connectivity index (χ0n) is 6.61. The molecule has 0 atom stereocenters. The lowest BCUT2D eigenvalue weighted by Gasteiger charge is -1.94. The van der Waals surface area contributed by atoms with E-state index in [0.717, 1.165) is 5.56 Å². The van der Waals surface area contributed by atoms with Crippen molar-refractivity contribution in [3.05, 3.63) is 36.2 Å². The maximum atomic E-state index is 4.86. The van der Waals surface area contributed by atoms with E-state index in [1.807, 2.05) is 31.2 Å². The monoisotopic (exact) mass is 159 g/mol. The van der Waals surface area contributed by atoms with E-state index in [1.54, 1.807) is 0 Å². The van der Waals surface area contributed by atoms with Crippen molar-refractivity contribution in [3.63, 3.8) is 0 Å². The minimum Gasteiger partial charge on any atom is -0.333 e. The van der Waals surface area contributed by atoms with Gasteiger partial charge in [-0.2, -0.15) is 4.98 Å². The minimum absolute atomic E-state index is 0.513. The zero-order valence-corrected chi connectivity index (χ0v) is 6.61. The molecular formula is C9H7N2O. The summed E-state index contributed by atoms with van der Waals surface area (Å²) in [6.07, 6.45) is 2.38. The van der Waals surface area contributed by atoms with Crippen LogP contribution >= 0.6 is 0 Å². The van der Waals surface area contributed by atoms with Crippen LogP contribution < -0.4 is 0 Å². The predicted molar refractivity (Wildman–Crippen MR) is 43.3 cm³/mol. The summed E-state index contributed by atoms with van der Waals surface area (Å²) in [5.41, 5.74) is 2.11. The lowest BCUT2D eigenvalue weighted by Crippen LogP contribution is -1.77. The molecule has 1 radical (unpaired) electrons. The van der Waals surface area contributed by atoms with Gasteiger partial charge in [0, 0.05) is 5.56 Å². The first-order valence-electron chi connectivity index (χ1n) is 3.63. The molecule has 12 heavy (non-hydrogen) atoms. The molecule has 0 aliphatic carbocycles. The molecule has 0 fully saturated rings. The Kier molecular flexibility index (Phi) is 1.63. The van der Waals surface area contributed by atoms with Gasteiger partial charge in [-0.25, -0.2) is 0 Å². The van der Waals surface area contributed by atoms with Crippen molar-refractivity contribution in [1.29, 1.82) is 0 Å².